The van der Waals surface area contributed by atoms with Crippen LogP contribution in [0.5, 0.6) is 0 Å². The zero-order valence-electron chi connectivity index (χ0n) is 15.8. The molecule has 26 heavy (non-hydrogen) atoms. The van der Waals surface area contributed by atoms with Gasteiger partial charge in [0.15, 0.2) is 0 Å². The first-order chi connectivity index (χ1) is 12.5. The number of hydrogen-bond donors (Lipinski definition) is 1. The Morgan fingerprint density at radius 1 is 1.27 bits per heavy atom. The van der Waals surface area contributed by atoms with Crippen LogP contribution in [-0.2, 0) is 6.54 Å². The second-order valence-corrected chi connectivity index (χ2v) is 7.49. The summed E-state index contributed by atoms with van der Waals surface area (Å²) in [7, 11) is 3.96. The molecule has 0 radical (unpaired) electrons. The normalized spacial score (nSPS) is 15.5. The van der Waals surface area contributed by atoms with Crippen LogP contribution in [0.4, 0.5) is 11.8 Å². The average Bonchev–Trinajstić information content (AvgIpc) is 3.04. The zero-order chi connectivity index (χ0) is 18.5. The Balaban J connectivity index is 1.42. The minimum atomic E-state index is 0.573. The van der Waals surface area contributed by atoms with Crippen LogP contribution in [0.2, 0.25) is 5.02 Å². The van der Waals surface area contributed by atoms with Gasteiger partial charge >= 0.3 is 0 Å². The summed E-state index contributed by atoms with van der Waals surface area (Å²) in [5.74, 6) is 1.81. The summed E-state index contributed by atoms with van der Waals surface area (Å²) in [4.78, 5) is 13.5. The third kappa shape index (κ3) is 5.08. The molecule has 1 fully saturated rings. The fourth-order valence-electron chi connectivity index (χ4n) is 3.22. The van der Waals surface area contributed by atoms with Gasteiger partial charge in [0.1, 0.15) is 5.82 Å². The minimum absolute atomic E-state index is 0.573. The van der Waals surface area contributed by atoms with Gasteiger partial charge in [-0.15, -0.1) is 0 Å². The van der Waals surface area contributed by atoms with Crippen LogP contribution < -0.4 is 15.1 Å². The van der Waals surface area contributed by atoms with Crippen molar-refractivity contribution >= 4 is 23.4 Å². The second kappa shape index (κ2) is 8.68. The van der Waals surface area contributed by atoms with E-state index in [2.05, 4.69) is 26.4 Å². The maximum absolute atomic E-state index is 5.88. The largest absolute Gasteiger partial charge is 0.356 e. The second-order valence-electron chi connectivity index (χ2n) is 7.05. The Morgan fingerprint density at radius 3 is 2.69 bits per heavy atom. The minimum Gasteiger partial charge on any atom is -0.356 e. The number of rotatable bonds is 7. The summed E-state index contributed by atoms with van der Waals surface area (Å²) in [5.41, 5.74) is 1.01. The molecular weight excluding hydrogens is 350 g/mol. The molecule has 1 N–H and O–H groups in total. The number of hydrogen-bond acceptors (Lipinski definition) is 6. The number of nitrogens with zero attached hydrogens (tertiary/aromatic N) is 6. The Morgan fingerprint density at radius 2 is 2.04 bits per heavy atom. The molecule has 0 spiro atoms. The summed E-state index contributed by atoms with van der Waals surface area (Å²) in [5, 5.41) is 8.57. The molecule has 3 rings (SSSR count). The molecule has 2 aromatic heterocycles. The van der Waals surface area contributed by atoms with Crippen LogP contribution >= 0.6 is 11.6 Å². The molecule has 1 aliphatic heterocycles. The lowest BCUT2D eigenvalue weighted by molar-refractivity contribution is 0.403. The monoisotopic (exact) mass is 377 g/mol. The van der Waals surface area contributed by atoms with Crippen LogP contribution in [0.1, 0.15) is 25.0 Å². The van der Waals surface area contributed by atoms with Crippen LogP contribution in [-0.4, -0.2) is 59.5 Å². The molecule has 8 heteroatoms. The Bertz CT molecular complexity index is 707. The first kappa shape index (κ1) is 18.9. The van der Waals surface area contributed by atoms with Gasteiger partial charge in [0.25, 0.3) is 0 Å². The van der Waals surface area contributed by atoms with E-state index in [1.807, 2.05) is 36.8 Å². The third-order valence-electron chi connectivity index (χ3n) is 4.65. The molecule has 7 nitrogen and oxygen atoms in total. The van der Waals surface area contributed by atoms with Gasteiger partial charge in [-0.2, -0.15) is 10.1 Å². The van der Waals surface area contributed by atoms with Crippen molar-refractivity contribution in [1.82, 2.24) is 25.1 Å². The molecule has 1 saturated heterocycles. The van der Waals surface area contributed by atoms with Gasteiger partial charge in [0, 0.05) is 57.7 Å². The molecular formula is C18H28ClN7. The SMILES string of the molecule is Cc1cc(N2CCC(NCCCn3cc(Cl)cn3)CC2)nc(N(C)C)n1. The number of anilines is 2. The lowest BCUT2D eigenvalue weighted by Crippen LogP contribution is -2.43. The van der Waals surface area contributed by atoms with Crippen molar-refractivity contribution in [3.8, 4) is 0 Å². The van der Waals surface area contributed by atoms with Crippen molar-refractivity contribution in [3.05, 3.63) is 29.2 Å². The highest BCUT2D eigenvalue weighted by atomic mass is 35.5. The van der Waals surface area contributed by atoms with E-state index in [0.717, 1.165) is 62.9 Å². The summed E-state index contributed by atoms with van der Waals surface area (Å²) in [6.07, 6.45) is 6.87. The highest BCUT2D eigenvalue weighted by Gasteiger charge is 2.20. The van der Waals surface area contributed by atoms with Gasteiger partial charge in [-0.05, 0) is 32.7 Å². The van der Waals surface area contributed by atoms with Crippen LogP contribution in [0.25, 0.3) is 0 Å². The molecule has 0 unspecified atom stereocenters. The van der Waals surface area contributed by atoms with Gasteiger partial charge < -0.3 is 15.1 Å². The molecule has 0 aromatic carbocycles. The van der Waals surface area contributed by atoms with Crippen molar-refractivity contribution in [3.63, 3.8) is 0 Å². The van der Waals surface area contributed by atoms with Gasteiger partial charge in [0.05, 0.1) is 11.2 Å². The Kier molecular flexibility index (Phi) is 6.32. The average molecular weight is 378 g/mol. The molecule has 0 aliphatic carbocycles. The van der Waals surface area contributed by atoms with Crippen molar-refractivity contribution in [2.45, 2.75) is 38.8 Å². The summed E-state index contributed by atoms with van der Waals surface area (Å²) < 4.78 is 1.90. The highest BCUT2D eigenvalue weighted by molar-refractivity contribution is 6.30. The summed E-state index contributed by atoms with van der Waals surface area (Å²) >= 11 is 5.88. The van der Waals surface area contributed by atoms with Crippen LogP contribution in [0, 0.1) is 6.92 Å². The van der Waals surface area contributed by atoms with Gasteiger partial charge in [-0.25, -0.2) is 4.98 Å². The van der Waals surface area contributed by atoms with E-state index < -0.39 is 0 Å². The zero-order valence-corrected chi connectivity index (χ0v) is 16.6. The summed E-state index contributed by atoms with van der Waals surface area (Å²) in [6.45, 7) is 5.97. The van der Waals surface area contributed by atoms with E-state index in [1.165, 1.54) is 0 Å². The van der Waals surface area contributed by atoms with E-state index in [1.54, 1.807) is 6.20 Å². The fraction of sp³-hybridized carbons (Fsp3) is 0.611. The molecule has 1 aliphatic rings. The molecule has 2 aromatic rings. The van der Waals surface area contributed by atoms with E-state index >= 15 is 0 Å². The first-order valence-corrected chi connectivity index (χ1v) is 9.58. The van der Waals surface area contributed by atoms with Gasteiger partial charge in [-0.1, -0.05) is 11.6 Å². The molecule has 142 valence electrons. The Hall–Kier alpha value is -1.86. The topological polar surface area (TPSA) is 62.1 Å². The summed E-state index contributed by atoms with van der Waals surface area (Å²) in [6, 6.07) is 2.65. The smallest absolute Gasteiger partial charge is 0.226 e. The number of piperidine rings is 1. The number of aromatic nitrogens is 4. The van der Waals surface area contributed by atoms with E-state index in [4.69, 9.17) is 16.6 Å². The maximum Gasteiger partial charge on any atom is 0.226 e. The van der Waals surface area contributed by atoms with Gasteiger partial charge in [0.2, 0.25) is 5.95 Å². The van der Waals surface area contributed by atoms with Crippen LogP contribution in [0.3, 0.4) is 0 Å². The molecule has 0 amide bonds. The molecule has 3 heterocycles. The lowest BCUT2D eigenvalue weighted by atomic mass is 10.0. The van der Waals surface area contributed by atoms with E-state index in [0.29, 0.717) is 11.1 Å². The quantitative estimate of drug-likeness (QED) is 0.747. The van der Waals surface area contributed by atoms with Gasteiger partial charge in [-0.3, -0.25) is 4.68 Å². The molecule has 0 saturated carbocycles. The number of halogens is 1. The van der Waals surface area contributed by atoms with Crippen molar-refractivity contribution in [2.75, 3.05) is 43.5 Å². The van der Waals surface area contributed by atoms with Crippen molar-refractivity contribution < 1.29 is 0 Å². The predicted molar refractivity (Wildman–Crippen MR) is 106 cm³/mol. The maximum atomic E-state index is 5.88. The first-order valence-electron chi connectivity index (χ1n) is 9.20. The lowest BCUT2D eigenvalue weighted by Gasteiger charge is -2.33. The van der Waals surface area contributed by atoms with Crippen molar-refractivity contribution in [2.24, 2.45) is 0 Å². The third-order valence-corrected chi connectivity index (χ3v) is 4.84. The van der Waals surface area contributed by atoms with Crippen molar-refractivity contribution in [1.29, 1.82) is 0 Å². The van der Waals surface area contributed by atoms with E-state index in [9.17, 15) is 0 Å². The molecule has 0 atom stereocenters. The standard InChI is InChI=1S/C18H28ClN7/c1-14-11-17(23-18(22-14)24(2)3)25-9-5-16(6-10-25)20-7-4-8-26-13-15(19)12-21-26/h11-13,16,20H,4-10H2,1-3H3. The number of nitrogens with one attached hydrogen (secondary N) is 1. The fourth-order valence-corrected chi connectivity index (χ4v) is 3.38. The van der Waals surface area contributed by atoms with Crippen LogP contribution in [0.15, 0.2) is 18.5 Å². The Labute approximate surface area is 160 Å². The highest BCUT2D eigenvalue weighted by Crippen LogP contribution is 2.20. The predicted octanol–water partition coefficient (Wildman–Crippen LogP) is 2.35. The van der Waals surface area contributed by atoms with E-state index in [-0.39, 0.29) is 0 Å². The number of aryl methyl sites for hydroxylation is 2. The molecule has 0 bridgehead atoms.